The van der Waals surface area contributed by atoms with Crippen molar-refractivity contribution >= 4 is 11.9 Å². The van der Waals surface area contributed by atoms with Gasteiger partial charge in [0.15, 0.2) is 5.69 Å². The Morgan fingerprint density at radius 3 is 2.62 bits per heavy atom. The van der Waals surface area contributed by atoms with E-state index in [9.17, 15) is 18.0 Å². The van der Waals surface area contributed by atoms with E-state index >= 15 is 0 Å². The van der Waals surface area contributed by atoms with Crippen molar-refractivity contribution < 1.29 is 18.0 Å². The highest BCUT2D eigenvalue weighted by Crippen LogP contribution is 2.43. The maximum Gasteiger partial charge on any atom is 0.435 e. The minimum Gasteiger partial charge on any atom is -0.291 e. The van der Waals surface area contributed by atoms with Gasteiger partial charge in [0.05, 0.1) is 6.54 Å². The Hall–Kier alpha value is -3.17. The first kappa shape index (κ1) is 19.2. The topological polar surface area (TPSA) is 77.6 Å². The average Bonchev–Trinajstić information content (AvgIpc) is 3.26. The van der Waals surface area contributed by atoms with Crippen LogP contribution in [0.2, 0.25) is 0 Å². The smallest absolute Gasteiger partial charge is 0.291 e. The maximum absolute atomic E-state index is 13.1. The highest BCUT2D eigenvalue weighted by atomic mass is 19.4. The molecule has 1 atom stereocenters. The van der Waals surface area contributed by atoms with Crippen LogP contribution in [0.4, 0.5) is 19.1 Å². The first-order valence-corrected chi connectivity index (χ1v) is 9.22. The molecule has 3 aromatic rings. The van der Waals surface area contributed by atoms with Crippen molar-refractivity contribution in [2.24, 2.45) is 0 Å². The number of aromatic nitrogens is 5. The van der Waals surface area contributed by atoms with Gasteiger partial charge in [0.2, 0.25) is 5.95 Å². The third-order valence-electron chi connectivity index (χ3n) is 4.76. The lowest BCUT2D eigenvalue weighted by Crippen LogP contribution is -2.26. The molecule has 0 aliphatic heterocycles. The largest absolute Gasteiger partial charge is 0.435 e. The summed E-state index contributed by atoms with van der Waals surface area (Å²) in [5, 5.41) is 10.4. The van der Waals surface area contributed by atoms with E-state index in [2.05, 4.69) is 20.5 Å². The van der Waals surface area contributed by atoms with E-state index in [1.165, 1.54) is 13.3 Å². The van der Waals surface area contributed by atoms with Gasteiger partial charge in [-0.3, -0.25) is 14.8 Å². The fraction of sp³-hybridized carbons (Fsp3) is 0.368. The summed E-state index contributed by atoms with van der Waals surface area (Å²) in [5.74, 6) is -0.424. The number of rotatable bonds is 6. The second-order valence-electron chi connectivity index (χ2n) is 7.09. The molecule has 0 spiro atoms. The number of amides is 1. The number of carbonyl (C=O) groups excluding carboxylic acids is 1. The van der Waals surface area contributed by atoms with E-state index in [0.717, 1.165) is 29.2 Å². The SMILES string of the molecule is CC(C(=O)Nc1ncn(Cc2ccccc2)n1)n1nc(C(F)(F)F)cc1C1CC1. The van der Waals surface area contributed by atoms with E-state index < -0.39 is 23.8 Å². The summed E-state index contributed by atoms with van der Waals surface area (Å²) >= 11 is 0. The Morgan fingerprint density at radius 2 is 1.97 bits per heavy atom. The molecule has 7 nitrogen and oxygen atoms in total. The molecule has 0 saturated heterocycles. The minimum atomic E-state index is -4.55. The van der Waals surface area contributed by atoms with Gasteiger partial charge in [-0.1, -0.05) is 30.3 Å². The van der Waals surface area contributed by atoms with E-state index in [-0.39, 0.29) is 11.9 Å². The molecule has 2 aromatic heterocycles. The zero-order chi connectivity index (χ0) is 20.6. The summed E-state index contributed by atoms with van der Waals surface area (Å²) in [6.45, 7) is 1.99. The third-order valence-corrected chi connectivity index (χ3v) is 4.76. The van der Waals surface area contributed by atoms with Crippen molar-refractivity contribution in [3.63, 3.8) is 0 Å². The molecule has 1 aromatic carbocycles. The van der Waals surface area contributed by atoms with Crippen molar-refractivity contribution in [2.75, 3.05) is 5.32 Å². The van der Waals surface area contributed by atoms with E-state index in [1.54, 1.807) is 4.68 Å². The molecule has 0 radical (unpaired) electrons. The first-order chi connectivity index (χ1) is 13.8. The highest BCUT2D eigenvalue weighted by molar-refractivity contribution is 5.91. The molecule has 1 unspecified atom stereocenters. The Morgan fingerprint density at radius 1 is 1.24 bits per heavy atom. The summed E-state index contributed by atoms with van der Waals surface area (Å²) in [6, 6.07) is 9.72. The number of nitrogens with one attached hydrogen (secondary N) is 1. The quantitative estimate of drug-likeness (QED) is 0.681. The molecule has 1 amide bonds. The predicted molar refractivity (Wildman–Crippen MR) is 98.1 cm³/mol. The second-order valence-corrected chi connectivity index (χ2v) is 7.09. The van der Waals surface area contributed by atoms with Gasteiger partial charge in [-0.2, -0.15) is 18.3 Å². The fourth-order valence-electron chi connectivity index (χ4n) is 3.07. The van der Waals surface area contributed by atoms with Gasteiger partial charge in [0.25, 0.3) is 5.91 Å². The number of nitrogens with zero attached hydrogens (tertiary/aromatic N) is 5. The van der Waals surface area contributed by atoms with Crippen LogP contribution in [0.1, 0.15) is 48.7 Å². The first-order valence-electron chi connectivity index (χ1n) is 9.22. The molecule has 4 rings (SSSR count). The van der Waals surface area contributed by atoms with Crippen LogP contribution in [0, 0.1) is 0 Å². The number of hydrogen-bond acceptors (Lipinski definition) is 4. The molecule has 2 heterocycles. The van der Waals surface area contributed by atoms with Gasteiger partial charge in [0.1, 0.15) is 12.4 Å². The summed E-state index contributed by atoms with van der Waals surface area (Å²) in [6.07, 6.45) is -1.48. The number of hydrogen-bond donors (Lipinski definition) is 1. The summed E-state index contributed by atoms with van der Waals surface area (Å²) < 4.78 is 41.9. The van der Waals surface area contributed by atoms with Crippen LogP contribution >= 0.6 is 0 Å². The van der Waals surface area contributed by atoms with Gasteiger partial charge in [-0.05, 0) is 31.4 Å². The number of halogens is 3. The van der Waals surface area contributed by atoms with Gasteiger partial charge in [0, 0.05) is 11.6 Å². The van der Waals surface area contributed by atoms with Crippen LogP contribution in [0.3, 0.4) is 0 Å². The van der Waals surface area contributed by atoms with E-state index in [0.29, 0.717) is 12.2 Å². The van der Waals surface area contributed by atoms with Gasteiger partial charge in [-0.15, -0.1) is 5.10 Å². The molecule has 10 heteroatoms. The van der Waals surface area contributed by atoms with Crippen molar-refractivity contribution in [1.29, 1.82) is 0 Å². The molecule has 1 saturated carbocycles. The Kier molecular flexibility index (Phi) is 4.85. The van der Waals surface area contributed by atoms with Crippen LogP contribution in [0.5, 0.6) is 0 Å². The molecule has 1 N–H and O–H groups in total. The van der Waals surface area contributed by atoms with Crippen molar-refractivity contribution in [1.82, 2.24) is 24.5 Å². The lowest BCUT2D eigenvalue weighted by atomic mass is 10.2. The lowest BCUT2D eigenvalue weighted by Gasteiger charge is -2.14. The number of carbonyl (C=O) groups is 1. The van der Waals surface area contributed by atoms with Crippen LogP contribution in [-0.4, -0.2) is 30.5 Å². The number of alkyl halides is 3. The zero-order valence-electron chi connectivity index (χ0n) is 15.6. The van der Waals surface area contributed by atoms with E-state index in [4.69, 9.17) is 0 Å². The molecule has 0 bridgehead atoms. The summed E-state index contributed by atoms with van der Waals surface area (Å²) in [4.78, 5) is 16.6. The number of benzene rings is 1. The molecule has 152 valence electrons. The standard InChI is InChI=1S/C19H19F3N6O/c1-12(28-15(14-7-8-14)9-16(25-28)19(20,21)22)17(29)24-18-23-11-27(26-18)10-13-5-3-2-4-6-13/h2-6,9,11-12,14H,7-8,10H2,1H3,(H,24,26,29). The highest BCUT2D eigenvalue weighted by Gasteiger charge is 2.39. The van der Waals surface area contributed by atoms with Crippen LogP contribution in [-0.2, 0) is 17.5 Å². The minimum absolute atomic E-state index is 0.0112. The molecular weight excluding hydrogens is 385 g/mol. The van der Waals surface area contributed by atoms with Crippen molar-refractivity contribution in [3.8, 4) is 0 Å². The second kappa shape index (κ2) is 7.34. The van der Waals surface area contributed by atoms with E-state index in [1.807, 2.05) is 30.3 Å². The van der Waals surface area contributed by atoms with Crippen LogP contribution in [0.25, 0.3) is 0 Å². The lowest BCUT2D eigenvalue weighted by molar-refractivity contribution is -0.141. The Bertz CT molecular complexity index is 1010. The molecule has 29 heavy (non-hydrogen) atoms. The van der Waals surface area contributed by atoms with Crippen LogP contribution in [0.15, 0.2) is 42.7 Å². The predicted octanol–water partition coefficient (Wildman–Crippen LogP) is 3.62. The monoisotopic (exact) mass is 404 g/mol. The summed E-state index contributed by atoms with van der Waals surface area (Å²) in [5.41, 5.74) is 0.473. The normalized spacial score (nSPS) is 15.3. The fourth-order valence-corrected chi connectivity index (χ4v) is 3.07. The Balaban J connectivity index is 1.47. The van der Waals surface area contributed by atoms with Crippen molar-refractivity contribution in [3.05, 3.63) is 59.7 Å². The third kappa shape index (κ3) is 4.30. The maximum atomic E-state index is 13.1. The molecule has 1 aliphatic rings. The van der Waals surface area contributed by atoms with Gasteiger partial charge < -0.3 is 0 Å². The molecular formula is C19H19F3N6O. The van der Waals surface area contributed by atoms with Crippen molar-refractivity contribution in [2.45, 2.75) is 44.4 Å². The average molecular weight is 404 g/mol. The molecule has 1 aliphatic carbocycles. The van der Waals surface area contributed by atoms with Gasteiger partial charge >= 0.3 is 6.18 Å². The number of anilines is 1. The Labute approximate surface area is 164 Å². The molecule has 1 fully saturated rings. The van der Waals surface area contributed by atoms with Crippen LogP contribution < -0.4 is 5.32 Å². The summed E-state index contributed by atoms with van der Waals surface area (Å²) in [7, 11) is 0. The van der Waals surface area contributed by atoms with Gasteiger partial charge in [-0.25, -0.2) is 9.67 Å². The zero-order valence-corrected chi connectivity index (χ0v) is 15.6.